The first-order chi connectivity index (χ1) is 11.6. The zero-order valence-electron chi connectivity index (χ0n) is 13.9. The third-order valence-electron chi connectivity index (χ3n) is 5.42. The van der Waals surface area contributed by atoms with Crippen molar-refractivity contribution in [2.24, 2.45) is 0 Å². The first-order valence-electron chi connectivity index (χ1n) is 8.92. The van der Waals surface area contributed by atoms with Crippen LogP contribution in [0.25, 0.3) is 0 Å². The molecule has 2 aliphatic heterocycles. The van der Waals surface area contributed by atoms with Crippen molar-refractivity contribution in [1.82, 2.24) is 18.4 Å². The van der Waals surface area contributed by atoms with Gasteiger partial charge in [-0.2, -0.15) is 22.1 Å². The van der Waals surface area contributed by atoms with E-state index < -0.39 is 10.2 Å². The molecular formula is C16H24N4O3S. The Morgan fingerprint density at radius 1 is 1.08 bits per heavy atom. The molecule has 2 saturated heterocycles. The highest BCUT2D eigenvalue weighted by atomic mass is 32.2. The van der Waals surface area contributed by atoms with Crippen LogP contribution in [-0.2, 0) is 29.6 Å². The lowest BCUT2D eigenvalue weighted by Gasteiger charge is -2.28. The van der Waals surface area contributed by atoms with E-state index in [1.54, 1.807) is 14.7 Å². The second-order valence-electron chi connectivity index (χ2n) is 7.01. The van der Waals surface area contributed by atoms with E-state index in [2.05, 4.69) is 5.10 Å². The summed E-state index contributed by atoms with van der Waals surface area (Å²) in [5.41, 5.74) is 1.95. The Bertz CT molecular complexity index is 783. The van der Waals surface area contributed by atoms with Gasteiger partial charge in [-0.3, -0.25) is 4.79 Å². The van der Waals surface area contributed by atoms with E-state index in [1.165, 1.54) is 4.68 Å². The largest absolute Gasteiger partial charge is 0.282 e. The van der Waals surface area contributed by atoms with Gasteiger partial charge in [0.25, 0.3) is 15.8 Å². The molecule has 4 rings (SSSR count). The lowest BCUT2D eigenvalue weighted by Crippen LogP contribution is -2.47. The number of rotatable bonds is 4. The van der Waals surface area contributed by atoms with Crippen LogP contribution in [0.4, 0.5) is 0 Å². The van der Waals surface area contributed by atoms with Crippen LogP contribution in [0.2, 0.25) is 0 Å². The summed E-state index contributed by atoms with van der Waals surface area (Å²) in [5, 5.41) is 4.50. The molecule has 3 aliphatic rings. The first kappa shape index (κ1) is 16.2. The average molecular weight is 352 g/mol. The topological polar surface area (TPSA) is 75.5 Å². The van der Waals surface area contributed by atoms with Crippen molar-refractivity contribution in [3.05, 3.63) is 27.7 Å². The van der Waals surface area contributed by atoms with E-state index in [0.29, 0.717) is 26.2 Å². The molecule has 8 heteroatoms. The maximum absolute atomic E-state index is 12.9. The predicted octanol–water partition coefficient (Wildman–Crippen LogP) is 0.537. The Labute approximate surface area is 142 Å². The Balaban J connectivity index is 1.57. The summed E-state index contributed by atoms with van der Waals surface area (Å²) in [6, 6.07) is 1.52. The molecule has 3 heterocycles. The SMILES string of the molecule is O=c1cc2c(nn1CC1CCCN1S(=O)(=O)N1CCCC1)CCC2. The van der Waals surface area contributed by atoms with Gasteiger partial charge in [0.15, 0.2) is 0 Å². The fourth-order valence-corrected chi connectivity index (χ4v) is 6.06. The van der Waals surface area contributed by atoms with Crippen molar-refractivity contribution >= 4 is 10.2 Å². The zero-order valence-corrected chi connectivity index (χ0v) is 14.7. The average Bonchev–Trinajstić information content (AvgIpc) is 3.29. The third kappa shape index (κ3) is 2.80. The maximum atomic E-state index is 12.9. The van der Waals surface area contributed by atoms with Gasteiger partial charge in [-0.15, -0.1) is 0 Å². The number of hydrogen-bond donors (Lipinski definition) is 0. The van der Waals surface area contributed by atoms with Crippen LogP contribution >= 0.6 is 0 Å². The van der Waals surface area contributed by atoms with Gasteiger partial charge in [0.05, 0.1) is 12.2 Å². The van der Waals surface area contributed by atoms with Gasteiger partial charge in [-0.1, -0.05) is 0 Å². The van der Waals surface area contributed by atoms with Gasteiger partial charge >= 0.3 is 0 Å². The Morgan fingerprint density at radius 2 is 1.88 bits per heavy atom. The van der Waals surface area contributed by atoms with E-state index in [1.807, 2.05) is 0 Å². The molecule has 0 spiro atoms. The third-order valence-corrected chi connectivity index (χ3v) is 7.51. The zero-order chi connectivity index (χ0) is 16.7. The van der Waals surface area contributed by atoms with Crippen molar-refractivity contribution in [2.45, 2.75) is 57.5 Å². The lowest BCUT2D eigenvalue weighted by atomic mass is 10.2. The lowest BCUT2D eigenvalue weighted by molar-refractivity contribution is 0.308. The fourth-order valence-electron chi connectivity index (χ4n) is 4.13. The van der Waals surface area contributed by atoms with Gasteiger partial charge in [-0.05, 0) is 50.5 Å². The minimum atomic E-state index is -3.41. The Morgan fingerprint density at radius 3 is 2.67 bits per heavy atom. The van der Waals surface area contributed by atoms with Crippen LogP contribution in [0, 0.1) is 0 Å². The molecule has 1 unspecified atom stereocenters. The Kier molecular flexibility index (Phi) is 4.22. The smallest absolute Gasteiger partial charge is 0.268 e. The minimum absolute atomic E-state index is 0.110. The number of aromatic nitrogens is 2. The number of hydrogen-bond acceptors (Lipinski definition) is 4. The van der Waals surface area contributed by atoms with Crippen molar-refractivity contribution in [3.63, 3.8) is 0 Å². The van der Waals surface area contributed by atoms with Gasteiger partial charge < -0.3 is 0 Å². The van der Waals surface area contributed by atoms with E-state index in [9.17, 15) is 13.2 Å². The highest BCUT2D eigenvalue weighted by Gasteiger charge is 2.39. The summed E-state index contributed by atoms with van der Waals surface area (Å²) >= 11 is 0. The quantitative estimate of drug-likeness (QED) is 0.792. The molecule has 1 aromatic rings. The van der Waals surface area contributed by atoms with Crippen molar-refractivity contribution in [2.75, 3.05) is 19.6 Å². The molecule has 0 aromatic carbocycles. The van der Waals surface area contributed by atoms with Crippen molar-refractivity contribution < 1.29 is 8.42 Å². The number of aryl methyl sites for hydroxylation is 2. The van der Waals surface area contributed by atoms with E-state index in [0.717, 1.165) is 56.2 Å². The molecule has 0 N–H and O–H groups in total. The molecule has 1 aromatic heterocycles. The minimum Gasteiger partial charge on any atom is -0.268 e. The highest BCUT2D eigenvalue weighted by molar-refractivity contribution is 7.86. The maximum Gasteiger partial charge on any atom is 0.282 e. The molecule has 7 nitrogen and oxygen atoms in total. The van der Waals surface area contributed by atoms with Crippen LogP contribution in [0.5, 0.6) is 0 Å². The molecule has 24 heavy (non-hydrogen) atoms. The van der Waals surface area contributed by atoms with Gasteiger partial charge in [0.2, 0.25) is 0 Å². The van der Waals surface area contributed by atoms with Gasteiger partial charge in [0, 0.05) is 31.7 Å². The van der Waals surface area contributed by atoms with E-state index >= 15 is 0 Å². The van der Waals surface area contributed by atoms with Crippen LogP contribution in [0.15, 0.2) is 10.9 Å². The van der Waals surface area contributed by atoms with Crippen LogP contribution in [-0.4, -0.2) is 52.5 Å². The predicted molar refractivity (Wildman–Crippen MR) is 90.0 cm³/mol. The molecule has 132 valence electrons. The molecule has 0 bridgehead atoms. The second-order valence-corrected chi connectivity index (χ2v) is 8.89. The van der Waals surface area contributed by atoms with Crippen molar-refractivity contribution in [1.29, 1.82) is 0 Å². The first-order valence-corrected chi connectivity index (χ1v) is 10.3. The molecule has 0 amide bonds. The normalized spacial score (nSPS) is 25.4. The highest BCUT2D eigenvalue weighted by Crippen LogP contribution is 2.26. The monoisotopic (exact) mass is 352 g/mol. The summed E-state index contributed by atoms with van der Waals surface area (Å²) in [5.74, 6) is 0. The molecule has 1 aliphatic carbocycles. The number of nitrogens with zero attached hydrogens (tertiary/aromatic N) is 4. The number of fused-ring (bicyclic) bond motifs is 1. The van der Waals surface area contributed by atoms with Gasteiger partial charge in [-0.25, -0.2) is 4.68 Å². The standard InChI is InChI=1S/C16H24N4O3S/c21-16-11-13-5-3-7-15(13)17-19(16)12-14-6-4-10-20(14)24(22,23)18-8-1-2-9-18/h11,14H,1-10,12H2. The summed E-state index contributed by atoms with van der Waals surface area (Å²) in [4.78, 5) is 12.3. The summed E-state index contributed by atoms with van der Waals surface area (Å²) in [6.45, 7) is 2.13. The fraction of sp³-hybridized carbons (Fsp3) is 0.750. The van der Waals surface area contributed by atoms with E-state index in [-0.39, 0.29) is 11.6 Å². The van der Waals surface area contributed by atoms with E-state index in [4.69, 9.17) is 0 Å². The molecular weight excluding hydrogens is 328 g/mol. The van der Waals surface area contributed by atoms with Crippen LogP contribution < -0.4 is 5.56 Å². The molecule has 1 atom stereocenters. The van der Waals surface area contributed by atoms with Crippen LogP contribution in [0.3, 0.4) is 0 Å². The van der Waals surface area contributed by atoms with Gasteiger partial charge in [0.1, 0.15) is 0 Å². The summed E-state index contributed by atoms with van der Waals surface area (Å²) < 4.78 is 30.4. The second kappa shape index (κ2) is 6.24. The molecule has 0 saturated carbocycles. The molecule has 0 radical (unpaired) electrons. The summed E-state index contributed by atoms with van der Waals surface area (Å²) in [7, 11) is -3.41. The Hall–Kier alpha value is -1.25. The van der Waals surface area contributed by atoms with Crippen molar-refractivity contribution in [3.8, 4) is 0 Å². The van der Waals surface area contributed by atoms with Crippen LogP contribution in [0.1, 0.15) is 43.4 Å². The summed E-state index contributed by atoms with van der Waals surface area (Å²) in [6.07, 6.45) is 6.39. The molecule has 2 fully saturated rings.